The standard InChI is InChI=1S/C23H25BrN2O3S2/c1-15-10-16(2)12-17(11-15)20-14-30-23(25-20)26-8-6-19(7-9-26)31(27,28)22-13-18(24)4-5-21(22)29-3/h4-5,10-14,19H,6-9H2,1-3H3. The van der Waals surface area contributed by atoms with E-state index in [9.17, 15) is 8.42 Å². The number of hydrogen-bond donors (Lipinski definition) is 0. The summed E-state index contributed by atoms with van der Waals surface area (Å²) in [4.78, 5) is 7.29. The zero-order chi connectivity index (χ0) is 22.2. The maximum Gasteiger partial charge on any atom is 0.185 e. The lowest BCUT2D eigenvalue weighted by molar-refractivity contribution is 0.401. The lowest BCUT2D eigenvalue weighted by Gasteiger charge is -2.31. The molecule has 2 aromatic carbocycles. The summed E-state index contributed by atoms with van der Waals surface area (Å²) in [7, 11) is -1.98. The van der Waals surface area contributed by atoms with Crippen molar-refractivity contribution in [2.24, 2.45) is 0 Å². The molecule has 4 rings (SSSR count). The van der Waals surface area contributed by atoms with E-state index in [1.807, 2.05) is 0 Å². The summed E-state index contributed by atoms with van der Waals surface area (Å²) in [6.07, 6.45) is 1.13. The Morgan fingerprint density at radius 1 is 1.10 bits per heavy atom. The van der Waals surface area contributed by atoms with Crippen LogP contribution in [0.25, 0.3) is 11.3 Å². The van der Waals surface area contributed by atoms with Crippen molar-refractivity contribution < 1.29 is 13.2 Å². The van der Waals surface area contributed by atoms with Gasteiger partial charge in [0.25, 0.3) is 0 Å². The normalized spacial score (nSPS) is 15.3. The predicted octanol–water partition coefficient (Wildman–Crippen LogP) is 5.64. The third-order valence-electron chi connectivity index (χ3n) is 5.59. The third kappa shape index (κ3) is 4.66. The number of benzene rings is 2. The Morgan fingerprint density at radius 3 is 2.42 bits per heavy atom. The van der Waals surface area contributed by atoms with Crippen molar-refractivity contribution in [1.82, 2.24) is 4.98 Å². The monoisotopic (exact) mass is 520 g/mol. The van der Waals surface area contributed by atoms with Crippen molar-refractivity contribution in [3.63, 3.8) is 0 Å². The fraction of sp³-hybridized carbons (Fsp3) is 0.348. The third-order valence-corrected chi connectivity index (χ3v) is 9.27. The van der Waals surface area contributed by atoms with E-state index in [0.29, 0.717) is 31.7 Å². The SMILES string of the molecule is COc1ccc(Br)cc1S(=O)(=O)C1CCN(c2nc(-c3cc(C)cc(C)c3)cs2)CC1. The number of aryl methyl sites for hydroxylation is 2. The minimum atomic E-state index is -3.48. The summed E-state index contributed by atoms with van der Waals surface area (Å²) >= 11 is 4.99. The Bertz CT molecular complexity index is 1180. The average Bonchev–Trinajstić information content (AvgIpc) is 3.23. The number of ether oxygens (including phenoxy) is 1. The van der Waals surface area contributed by atoms with Gasteiger partial charge in [-0.3, -0.25) is 0 Å². The Hall–Kier alpha value is -1.90. The first-order chi connectivity index (χ1) is 14.8. The van der Waals surface area contributed by atoms with Crippen LogP contribution < -0.4 is 9.64 Å². The fourth-order valence-electron chi connectivity index (χ4n) is 4.07. The Balaban J connectivity index is 1.49. The lowest BCUT2D eigenvalue weighted by Crippen LogP contribution is -2.39. The summed E-state index contributed by atoms with van der Waals surface area (Å²) in [5.41, 5.74) is 4.54. The maximum absolute atomic E-state index is 13.3. The molecule has 1 fully saturated rings. The molecule has 31 heavy (non-hydrogen) atoms. The zero-order valence-electron chi connectivity index (χ0n) is 17.8. The highest BCUT2D eigenvalue weighted by atomic mass is 79.9. The molecular weight excluding hydrogens is 496 g/mol. The second-order valence-corrected chi connectivity index (χ2v) is 11.9. The van der Waals surface area contributed by atoms with Crippen LogP contribution in [-0.4, -0.2) is 38.9 Å². The number of rotatable bonds is 5. The van der Waals surface area contributed by atoms with Crippen LogP contribution in [-0.2, 0) is 9.84 Å². The molecule has 1 aromatic heterocycles. The Kier molecular flexibility index (Phi) is 6.42. The van der Waals surface area contributed by atoms with E-state index >= 15 is 0 Å². The predicted molar refractivity (Wildman–Crippen MR) is 130 cm³/mol. The Morgan fingerprint density at radius 2 is 1.77 bits per heavy atom. The molecule has 0 amide bonds. The van der Waals surface area contributed by atoms with E-state index < -0.39 is 15.1 Å². The van der Waals surface area contributed by atoms with Crippen molar-refractivity contribution >= 4 is 42.2 Å². The van der Waals surface area contributed by atoms with E-state index in [1.54, 1.807) is 29.5 Å². The molecule has 0 radical (unpaired) electrons. The van der Waals surface area contributed by atoms with Crippen LogP contribution in [0, 0.1) is 13.8 Å². The van der Waals surface area contributed by atoms with E-state index in [2.05, 4.69) is 58.3 Å². The minimum absolute atomic E-state index is 0.258. The molecule has 0 bridgehead atoms. The van der Waals surface area contributed by atoms with Crippen LogP contribution in [0.4, 0.5) is 5.13 Å². The number of halogens is 1. The molecule has 164 valence electrons. The number of aromatic nitrogens is 1. The highest BCUT2D eigenvalue weighted by Gasteiger charge is 2.34. The van der Waals surface area contributed by atoms with Crippen LogP contribution in [0.1, 0.15) is 24.0 Å². The van der Waals surface area contributed by atoms with Gasteiger partial charge in [0, 0.05) is 28.5 Å². The van der Waals surface area contributed by atoms with Gasteiger partial charge < -0.3 is 9.64 Å². The summed E-state index contributed by atoms with van der Waals surface area (Å²) in [6.45, 7) is 5.52. The molecule has 0 atom stereocenters. The van der Waals surface area contributed by atoms with Crippen molar-refractivity contribution in [1.29, 1.82) is 0 Å². The van der Waals surface area contributed by atoms with Gasteiger partial charge in [-0.15, -0.1) is 11.3 Å². The number of piperidine rings is 1. The number of thiazole rings is 1. The quantitative estimate of drug-likeness (QED) is 0.435. The van der Waals surface area contributed by atoms with Crippen molar-refractivity contribution in [3.8, 4) is 17.0 Å². The molecule has 0 aliphatic carbocycles. The van der Waals surface area contributed by atoms with Crippen molar-refractivity contribution in [3.05, 3.63) is 57.4 Å². The molecule has 1 aliphatic rings. The molecule has 0 spiro atoms. The molecule has 8 heteroatoms. The zero-order valence-corrected chi connectivity index (χ0v) is 21.0. The van der Waals surface area contributed by atoms with Crippen molar-refractivity contribution in [2.75, 3.05) is 25.1 Å². The van der Waals surface area contributed by atoms with Gasteiger partial charge in [0.1, 0.15) is 10.6 Å². The van der Waals surface area contributed by atoms with Gasteiger partial charge >= 0.3 is 0 Å². The van der Waals surface area contributed by atoms with Gasteiger partial charge in [-0.2, -0.15) is 0 Å². The first-order valence-electron chi connectivity index (χ1n) is 10.1. The van der Waals surface area contributed by atoms with Gasteiger partial charge in [0.2, 0.25) is 0 Å². The van der Waals surface area contributed by atoms with Gasteiger partial charge in [0.05, 0.1) is 18.1 Å². The molecule has 3 aromatic rings. The number of anilines is 1. The number of nitrogens with zero attached hydrogens (tertiary/aromatic N) is 2. The van der Waals surface area contributed by atoms with E-state index in [4.69, 9.17) is 9.72 Å². The molecular formula is C23H25BrN2O3S2. The molecule has 1 aliphatic heterocycles. The first kappa shape index (κ1) is 22.3. The fourth-order valence-corrected chi connectivity index (χ4v) is 7.39. The number of sulfone groups is 1. The largest absolute Gasteiger partial charge is 0.495 e. The number of methoxy groups -OCH3 is 1. The van der Waals surface area contributed by atoms with Crippen molar-refractivity contribution in [2.45, 2.75) is 36.8 Å². The van der Waals surface area contributed by atoms with Gasteiger partial charge in [-0.05, 0) is 57.0 Å². The highest BCUT2D eigenvalue weighted by molar-refractivity contribution is 9.10. The van der Waals surface area contributed by atoms with E-state index in [0.717, 1.165) is 20.9 Å². The minimum Gasteiger partial charge on any atom is -0.495 e. The van der Waals surface area contributed by atoms with Gasteiger partial charge in [-0.1, -0.05) is 33.1 Å². The second kappa shape index (κ2) is 8.92. The Labute approximate surface area is 196 Å². The smallest absolute Gasteiger partial charge is 0.185 e. The number of hydrogen-bond acceptors (Lipinski definition) is 6. The lowest BCUT2D eigenvalue weighted by atomic mass is 10.1. The van der Waals surface area contributed by atoms with E-state index in [1.165, 1.54) is 18.2 Å². The summed E-state index contributed by atoms with van der Waals surface area (Å²) in [5, 5.41) is 2.61. The molecule has 0 saturated carbocycles. The van der Waals surface area contributed by atoms with E-state index in [-0.39, 0.29) is 4.90 Å². The molecule has 2 heterocycles. The van der Waals surface area contributed by atoms with Crippen LogP contribution >= 0.6 is 27.3 Å². The highest BCUT2D eigenvalue weighted by Crippen LogP contribution is 2.35. The van der Waals surface area contributed by atoms with Gasteiger partial charge in [-0.25, -0.2) is 13.4 Å². The second-order valence-electron chi connectivity index (χ2n) is 7.92. The maximum atomic E-state index is 13.3. The topological polar surface area (TPSA) is 59.5 Å². The van der Waals surface area contributed by atoms with Crippen LogP contribution in [0.3, 0.4) is 0 Å². The van der Waals surface area contributed by atoms with Crippen LogP contribution in [0.2, 0.25) is 0 Å². The summed E-state index contributed by atoms with van der Waals surface area (Å²) in [6, 6.07) is 11.6. The van der Waals surface area contributed by atoms with Gasteiger partial charge in [0.15, 0.2) is 15.0 Å². The molecule has 1 saturated heterocycles. The van der Waals surface area contributed by atoms with Crippen LogP contribution in [0.5, 0.6) is 5.75 Å². The average molecular weight is 522 g/mol. The summed E-state index contributed by atoms with van der Waals surface area (Å²) in [5.74, 6) is 0.392. The molecule has 0 N–H and O–H groups in total. The summed E-state index contributed by atoms with van der Waals surface area (Å²) < 4.78 is 32.6. The molecule has 5 nitrogen and oxygen atoms in total. The first-order valence-corrected chi connectivity index (χ1v) is 13.4. The van der Waals surface area contributed by atoms with Crippen LogP contribution in [0.15, 0.2) is 51.1 Å². The molecule has 0 unspecified atom stereocenters.